The van der Waals surface area contributed by atoms with Gasteiger partial charge in [-0.05, 0) is 38.1 Å². The van der Waals surface area contributed by atoms with Crippen molar-refractivity contribution in [2.75, 3.05) is 25.5 Å². The van der Waals surface area contributed by atoms with Gasteiger partial charge in [0.15, 0.2) is 0 Å². The van der Waals surface area contributed by atoms with Crippen molar-refractivity contribution in [2.24, 2.45) is 0 Å². The lowest BCUT2D eigenvalue weighted by Crippen LogP contribution is -2.32. The minimum atomic E-state index is -0.614. The number of anilines is 1. The summed E-state index contributed by atoms with van der Waals surface area (Å²) in [5, 5.41) is 16.6. The van der Waals surface area contributed by atoms with E-state index in [0.717, 1.165) is 13.0 Å². The number of halogens is 2. The average molecular weight is 373 g/mol. The quantitative estimate of drug-likeness (QED) is 0.750. The van der Waals surface area contributed by atoms with Crippen LogP contribution in [0.1, 0.15) is 12.8 Å². The molecule has 0 bridgehead atoms. The van der Waals surface area contributed by atoms with Crippen molar-refractivity contribution >= 4 is 5.69 Å². The maximum atomic E-state index is 14.3. The predicted octanol–water partition coefficient (Wildman–Crippen LogP) is 3.56. The fraction of sp³-hybridized carbons (Fsp3) is 0.333. The van der Waals surface area contributed by atoms with E-state index in [9.17, 15) is 13.9 Å². The van der Waals surface area contributed by atoms with Crippen molar-refractivity contribution in [1.29, 1.82) is 0 Å². The van der Waals surface area contributed by atoms with Crippen molar-refractivity contribution in [3.8, 4) is 11.1 Å². The summed E-state index contributed by atoms with van der Waals surface area (Å²) in [4.78, 5) is 1.97. The minimum absolute atomic E-state index is 0.0699. The number of aliphatic hydroxyl groups is 1. The molecule has 0 aromatic heterocycles. The fourth-order valence-electron chi connectivity index (χ4n) is 3.49. The van der Waals surface area contributed by atoms with Crippen molar-refractivity contribution in [1.82, 2.24) is 10.2 Å². The lowest BCUT2D eigenvalue weighted by atomic mass is 10.0. The number of likely N-dealkylation sites (tertiary alicyclic amines) is 1. The van der Waals surface area contributed by atoms with Gasteiger partial charge in [-0.25, -0.2) is 8.78 Å². The molecule has 144 valence electrons. The van der Waals surface area contributed by atoms with Gasteiger partial charge in [0, 0.05) is 30.4 Å². The lowest BCUT2D eigenvalue weighted by molar-refractivity contribution is 0.131. The summed E-state index contributed by atoms with van der Waals surface area (Å²) in [7, 11) is 1.89. The van der Waals surface area contributed by atoms with Gasteiger partial charge in [0.2, 0.25) is 0 Å². The smallest absolute Gasteiger partial charge is 0.134 e. The summed E-state index contributed by atoms with van der Waals surface area (Å²) in [5.74, 6) is -0.635. The molecule has 27 heavy (non-hydrogen) atoms. The van der Waals surface area contributed by atoms with Gasteiger partial charge in [-0.3, -0.25) is 0 Å². The van der Waals surface area contributed by atoms with Crippen molar-refractivity contribution < 1.29 is 13.9 Å². The fourth-order valence-corrected chi connectivity index (χ4v) is 3.49. The summed E-state index contributed by atoms with van der Waals surface area (Å²) in [6, 6.07) is 11.1. The summed E-state index contributed by atoms with van der Waals surface area (Å²) < 4.78 is 28.5. The third-order valence-corrected chi connectivity index (χ3v) is 4.96. The van der Waals surface area contributed by atoms with Crippen molar-refractivity contribution in [2.45, 2.75) is 25.0 Å². The van der Waals surface area contributed by atoms with E-state index in [4.69, 9.17) is 0 Å². The maximum absolute atomic E-state index is 14.3. The molecule has 3 N–H and O–H groups in total. The second-order valence-electron chi connectivity index (χ2n) is 6.82. The molecule has 0 saturated carbocycles. The third-order valence-electron chi connectivity index (χ3n) is 4.96. The average Bonchev–Trinajstić information content (AvgIpc) is 2.84. The van der Waals surface area contributed by atoms with Crippen LogP contribution in [0.3, 0.4) is 0 Å². The normalized spacial score (nSPS) is 20.2. The molecule has 2 aromatic carbocycles. The van der Waals surface area contributed by atoms with Gasteiger partial charge >= 0.3 is 0 Å². The molecular weight excluding hydrogens is 348 g/mol. The van der Waals surface area contributed by atoms with E-state index in [0.29, 0.717) is 30.0 Å². The Morgan fingerprint density at radius 1 is 1.15 bits per heavy atom. The largest absolute Gasteiger partial charge is 0.391 e. The van der Waals surface area contributed by atoms with Crippen LogP contribution < -0.4 is 10.6 Å². The number of rotatable bonds is 5. The summed E-state index contributed by atoms with van der Waals surface area (Å²) in [6.07, 6.45) is 1.08. The van der Waals surface area contributed by atoms with E-state index in [1.54, 1.807) is 24.3 Å². The number of para-hydroxylation sites is 1. The Labute approximate surface area is 158 Å². The zero-order valence-corrected chi connectivity index (χ0v) is 15.4. The molecule has 2 unspecified atom stereocenters. The van der Waals surface area contributed by atoms with Gasteiger partial charge in [0.05, 0.1) is 17.5 Å². The zero-order valence-electron chi connectivity index (χ0n) is 15.4. The Kier molecular flexibility index (Phi) is 6.08. The van der Waals surface area contributed by atoms with E-state index < -0.39 is 17.7 Å². The van der Waals surface area contributed by atoms with Crippen LogP contribution in [0.25, 0.3) is 11.1 Å². The highest BCUT2D eigenvalue weighted by Gasteiger charge is 2.23. The van der Waals surface area contributed by atoms with E-state index in [1.165, 1.54) is 18.2 Å². The Hall–Kier alpha value is -2.44. The first-order valence-electron chi connectivity index (χ1n) is 9.09. The molecule has 1 aliphatic heterocycles. The summed E-state index contributed by atoms with van der Waals surface area (Å²) >= 11 is 0. The van der Waals surface area contributed by atoms with E-state index in [2.05, 4.69) is 17.2 Å². The van der Waals surface area contributed by atoms with Gasteiger partial charge in [-0.15, -0.1) is 0 Å². The van der Waals surface area contributed by atoms with E-state index in [1.807, 2.05) is 11.9 Å². The molecule has 0 amide bonds. The van der Waals surface area contributed by atoms with Crippen LogP contribution in [-0.2, 0) is 0 Å². The number of benzene rings is 2. The Balaban J connectivity index is 1.83. The molecular formula is C21H25F2N3O. The molecule has 2 atom stereocenters. The third kappa shape index (κ3) is 4.46. The standard InChI is InChI=1S/C21H25F2N3O/c1-14(26-11-10-15(24-2)12-16(27)13-26)25-20-9-4-3-6-17(20)21-18(22)7-5-8-19(21)23/h3-9,15-16,24-25,27H,1,10-13H2,2H3. The summed E-state index contributed by atoms with van der Waals surface area (Å²) in [6.45, 7) is 5.26. The van der Waals surface area contributed by atoms with Crippen LogP contribution >= 0.6 is 0 Å². The molecule has 0 spiro atoms. The Morgan fingerprint density at radius 2 is 1.85 bits per heavy atom. The molecule has 4 nitrogen and oxygen atoms in total. The first-order chi connectivity index (χ1) is 13.0. The highest BCUT2D eigenvalue weighted by molar-refractivity contribution is 5.79. The first-order valence-corrected chi connectivity index (χ1v) is 9.09. The second-order valence-corrected chi connectivity index (χ2v) is 6.82. The monoisotopic (exact) mass is 373 g/mol. The van der Waals surface area contributed by atoms with E-state index in [-0.39, 0.29) is 11.6 Å². The minimum Gasteiger partial charge on any atom is -0.391 e. The van der Waals surface area contributed by atoms with Crippen LogP contribution in [0.15, 0.2) is 54.9 Å². The van der Waals surface area contributed by atoms with Gasteiger partial charge in [0.1, 0.15) is 11.6 Å². The van der Waals surface area contributed by atoms with Crippen molar-refractivity contribution in [3.05, 3.63) is 66.5 Å². The number of hydrogen-bond acceptors (Lipinski definition) is 4. The number of nitrogens with zero attached hydrogens (tertiary/aromatic N) is 1. The Bertz CT molecular complexity index is 792. The zero-order chi connectivity index (χ0) is 19.4. The lowest BCUT2D eigenvalue weighted by Gasteiger charge is -2.28. The molecule has 2 aromatic rings. The first kappa shape index (κ1) is 19.3. The van der Waals surface area contributed by atoms with E-state index >= 15 is 0 Å². The molecule has 1 fully saturated rings. The number of β-amino-alcohol motifs (C(OH)–C–C–N with tert-alkyl or cyclic N) is 1. The van der Waals surface area contributed by atoms with Gasteiger partial charge < -0.3 is 20.6 Å². The van der Waals surface area contributed by atoms with Crippen LogP contribution in [0.5, 0.6) is 0 Å². The molecule has 1 aliphatic rings. The molecule has 6 heteroatoms. The molecule has 0 radical (unpaired) electrons. The second kappa shape index (κ2) is 8.50. The Morgan fingerprint density at radius 3 is 2.56 bits per heavy atom. The number of nitrogens with one attached hydrogen (secondary N) is 2. The molecule has 3 rings (SSSR count). The van der Waals surface area contributed by atoms with Crippen molar-refractivity contribution in [3.63, 3.8) is 0 Å². The van der Waals surface area contributed by atoms with Crippen LogP contribution in [0.2, 0.25) is 0 Å². The number of hydrogen-bond donors (Lipinski definition) is 3. The highest BCUT2D eigenvalue weighted by Crippen LogP contribution is 2.33. The van der Waals surface area contributed by atoms with Gasteiger partial charge in [-0.2, -0.15) is 0 Å². The SMILES string of the molecule is C=C(Nc1ccccc1-c1c(F)cccc1F)N1CCC(NC)CC(O)C1. The van der Waals surface area contributed by atoms with Crippen LogP contribution in [0, 0.1) is 11.6 Å². The topological polar surface area (TPSA) is 47.5 Å². The highest BCUT2D eigenvalue weighted by atomic mass is 19.1. The summed E-state index contributed by atoms with van der Waals surface area (Å²) in [5.41, 5.74) is 0.924. The van der Waals surface area contributed by atoms with Gasteiger partial charge in [0.25, 0.3) is 0 Å². The molecule has 1 saturated heterocycles. The number of aliphatic hydroxyl groups excluding tert-OH is 1. The molecule has 1 heterocycles. The van der Waals surface area contributed by atoms with Crippen LogP contribution in [-0.4, -0.2) is 42.3 Å². The molecule has 0 aliphatic carbocycles. The predicted molar refractivity (Wildman–Crippen MR) is 104 cm³/mol. The van der Waals surface area contributed by atoms with Gasteiger partial charge in [-0.1, -0.05) is 30.8 Å². The van der Waals surface area contributed by atoms with Crippen LogP contribution in [0.4, 0.5) is 14.5 Å². The maximum Gasteiger partial charge on any atom is 0.134 e.